The van der Waals surface area contributed by atoms with Crippen molar-refractivity contribution in [2.24, 2.45) is 11.5 Å². The largest absolute Gasteiger partial charge is 0.392 e. The predicted molar refractivity (Wildman–Crippen MR) is 33.6 cm³/mol. The van der Waals surface area contributed by atoms with E-state index in [0.717, 1.165) is 0 Å². The number of aliphatic hydroxyl groups excluding tert-OH is 1. The molecule has 0 saturated heterocycles. The summed E-state index contributed by atoms with van der Waals surface area (Å²) in [6, 6.07) is 0. The van der Waals surface area contributed by atoms with Crippen LogP contribution in [0.2, 0.25) is 0 Å². The smallest absolute Gasteiger partial charge is 0.220 e. The fourth-order valence-corrected chi connectivity index (χ4v) is 0.537. The SMILES string of the molecule is NC(=O)CC(O)CC(N)=O. The number of hydrogen-bond donors (Lipinski definition) is 3. The fourth-order valence-electron chi connectivity index (χ4n) is 0.537. The first-order valence-corrected chi connectivity index (χ1v) is 2.77. The molecule has 2 amide bonds. The van der Waals surface area contributed by atoms with E-state index in [-0.39, 0.29) is 12.8 Å². The molecule has 0 bridgehead atoms. The number of carbonyl (C=O) groups excluding carboxylic acids is 2. The van der Waals surface area contributed by atoms with Crippen LogP contribution >= 0.6 is 0 Å². The zero-order chi connectivity index (χ0) is 8.15. The zero-order valence-electron chi connectivity index (χ0n) is 5.41. The third-order valence-corrected chi connectivity index (χ3v) is 0.874. The van der Waals surface area contributed by atoms with Crippen molar-refractivity contribution in [2.45, 2.75) is 18.9 Å². The van der Waals surface area contributed by atoms with Crippen molar-refractivity contribution in [3.8, 4) is 0 Å². The molecule has 0 radical (unpaired) electrons. The van der Waals surface area contributed by atoms with Gasteiger partial charge in [-0.15, -0.1) is 0 Å². The molecule has 5 N–H and O–H groups in total. The van der Waals surface area contributed by atoms with E-state index in [1.807, 2.05) is 0 Å². The summed E-state index contributed by atoms with van der Waals surface area (Å²) in [5.74, 6) is -1.29. The van der Waals surface area contributed by atoms with Gasteiger partial charge in [0.15, 0.2) is 0 Å². The number of aliphatic hydroxyl groups is 1. The number of rotatable bonds is 4. The molecule has 0 aromatic heterocycles. The topological polar surface area (TPSA) is 106 Å². The van der Waals surface area contributed by atoms with Crippen LogP contribution in [0.3, 0.4) is 0 Å². The van der Waals surface area contributed by atoms with Gasteiger partial charge in [0.25, 0.3) is 0 Å². The summed E-state index contributed by atoms with van der Waals surface area (Å²) in [5.41, 5.74) is 9.44. The van der Waals surface area contributed by atoms with Crippen molar-refractivity contribution in [1.29, 1.82) is 0 Å². The fraction of sp³-hybridized carbons (Fsp3) is 0.600. The van der Waals surface area contributed by atoms with E-state index < -0.39 is 17.9 Å². The van der Waals surface area contributed by atoms with Crippen molar-refractivity contribution in [2.75, 3.05) is 0 Å². The summed E-state index contributed by atoms with van der Waals surface area (Å²) in [6.45, 7) is 0. The van der Waals surface area contributed by atoms with Crippen LogP contribution in [0.15, 0.2) is 0 Å². The molecule has 0 aliphatic heterocycles. The lowest BCUT2D eigenvalue weighted by Crippen LogP contribution is -2.25. The van der Waals surface area contributed by atoms with Crippen LogP contribution in [0.25, 0.3) is 0 Å². The summed E-state index contributed by atoms with van der Waals surface area (Å²) in [5, 5.41) is 8.79. The Morgan fingerprint density at radius 3 is 1.70 bits per heavy atom. The summed E-state index contributed by atoms with van der Waals surface area (Å²) in [6.07, 6.45) is -1.47. The number of hydrogen-bond acceptors (Lipinski definition) is 3. The molecule has 0 unspecified atom stereocenters. The van der Waals surface area contributed by atoms with Gasteiger partial charge in [-0.1, -0.05) is 0 Å². The number of primary amides is 2. The second kappa shape index (κ2) is 3.84. The van der Waals surface area contributed by atoms with Gasteiger partial charge in [0.1, 0.15) is 0 Å². The van der Waals surface area contributed by atoms with Crippen LogP contribution < -0.4 is 11.5 Å². The summed E-state index contributed by atoms with van der Waals surface area (Å²) >= 11 is 0. The monoisotopic (exact) mass is 146 g/mol. The standard InChI is InChI=1S/C5H10N2O3/c6-4(9)1-3(8)2-5(7)10/h3,8H,1-2H2,(H2,6,9)(H2,7,10). The van der Waals surface area contributed by atoms with Crippen LogP contribution in [0, 0.1) is 0 Å². The summed E-state index contributed by atoms with van der Waals surface area (Å²) < 4.78 is 0. The molecule has 5 heteroatoms. The lowest BCUT2D eigenvalue weighted by atomic mass is 10.2. The molecule has 5 nitrogen and oxygen atoms in total. The molecule has 0 aromatic carbocycles. The van der Waals surface area contributed by atoms with Crippen molar-refractivity contribution in [3.63, 3.8) is 0 Å². The molecule has 0 saturated carbocycles. The first kappa shape index (κ1) is 8.90. The van der Waals surface area contributed by atoms with Gasteiger partial charge in [0.05, 0.1) is 18.9 Å². The van der Waals surface area contributed by atoms with E-state index in [2.05, 4.69) is 0 Å². The van der Waals surface area contributed by atoms with Gasteiger partial charge < -0.3 is 16.6 Å². The highest BCUT2D eigenvalue weighted by molar-refractivity contribution is 5.77. The second-order valence-corrected chi connectivity index (χ2v) is 1.99. The summed E-state index contributed by atoms with van der Waals surface area (Å²) in [7, 11) is 0. The number of amides is 2. The van der Waals surface area contributed by atoms with Crippen molar-refractivity contribution >= 4 is 11.8 Å². The maximum atomic E-state index is 10.1. The quantitative estimate of drug-likeness (QED) is 0.431. The first-order chi connectivity index (χ1) is 4.52. The Hall–Kier alpha value is -1.10. The third-order valence-electron chi connectivity index (χ3n) is 0.874. The Balaban J connectivity index is 3.53. The Labute approximate surface area is 58.0 Å². The third kappa shape index (κ3) is 5.04. The Bertz CT molecular complexity index is 130. The molecule has 0 aromatic rings. The number of nitrogens with two attached hydrogens (primary N) is 2. The number of carbonyl (C=O) groups is 2. The van der Waals surface area contributed by atoms with Gasteiger partial charge in [-0.25, -0.2) is 0 Å². The van der Waals surface area contributed by atoms with Gasteiger partial charge in [0, 0.05) is 0 Å². The summed E-state index contributed by atoms with van der Waals surface area (Å²) in [4.78, 5) is 20.2. The maximum absolute atomic E-state index is 10.1. The molecule has 0 rings (SSSR count). The predicted octanol–water partition coefficient (Wildman–Crippen LogP) is -1.90. The van der Waals surface area contributed by atoms with E-state index in [1.165, 1.54) is 0 Å². The minimum atomic E-state index is -1.03. The molecule has 58 valence electrons. The van der Waals surface area contributed by atoms with E-state index in [9.17, 15) is 9.59 Å². The van der Waals surface area contributed by atoms with Gasteiger partial charge in [0.2, 0.25) is 11.8 Å². The zero-order valence-corrected chi connectivity index (χ0v) is 5.41. The Morgan fingerprint density at radius 1 is 1.20 bits per heavy atom. The molecule has 0 aliphatic carbocycles. The van der Waals surface area contributed by atoms with Crippen LogP contribution in [0.4, 0.5) is 0 Å². The lowest BCUT2D eigenvalue weighted by Gasteiger charge is -2.03. The Kier molecular flexibility index (Phi) is 3.42. The second-order valence-electron chi connectivity index (χ2n) is 1.99. The minimum absolute atomic E-state index is 0.219. The van der Waals surface area contributed by atoms with Gasteiger partial charge in [-0.2, -0.15) is 0 Å². The first-order valence-electron chi connectivity index (χ1n) is 2.77. The minimum Gasteiger partial charge on any atom is -0.392 e. The molecular formula is C5H10N2O3. The highest BCUT2D eigenvalue weighted by atomic mass is 16.3. The van der Waals surface area contributed by atoms with Gasteiger partial charge >= 0.3 is 0 Å². The van der Waals surface area contributed by atoms with Crippen molar-refractivity contribution in [1.82, 2.24) is 0 Å². The Morgan fingerprint density at radius 2 is 1.50 bits per heavy atom. The van der Waals surface area contributed by atoms with Crippen LogP contribution in [0.1, 0.15) is 12.8 Å². The van der Waals surface area contributed by atoms with Crippen LogP contribution in [-0.4, -0.2) is 23.0 Å². The van der Waals surface area contributed by atoms with E-state index >= 15 is 0 Å². The van der Waals surface area contributed by atoms with Crippen LogP contribution in [-0.2, 0) is 9.59 Å². The molecule has 0 aliphatic rings. The molecule has 0 atom stereocenters. The van der Waals surface area contributed by atoms with E-state index in [4.69, 9.17) is 16.6 Å². The average Bonchev–Trinajstić information content (AvgIpc) is 1.58. The maximum Gasteiger partial charge on any atom is 0.220 e. The van der Waals surface area contributed by atoms with Gasteiger partial charge in [-0.05, 0) is 0 Å². The van der Waals surface area contributed by atoms with Crippen molar-refractivity contribution < 1.29 is 14.7 Å². The molecular weight excluding hydrogens is 136 g/mol. The normalized spacial score (nSPS) is 9.80. The molecule has 10 heavy (non-hydrogen) atoms. The van der Waals surface area contributed by atoms with Gasteiger partial charge in [-0.3, -0.25) is 9.59 Å². The molecule has 0 heterocycles. The average molecular weight is 146 g/mol. The van der Waals surface area contributed by atoms with Crippen LogP contribution in [0.5, 0.6) is 0 Å². The highest BCUT2D eigenvalue weighted by Gasteiger charge is 2.09. The highest BCUT2D eigenvalue weighted by Crippen LogP contribution is 1.94. The van der Waals surface area contributed by atoms with E-state index in [1.54, 1.807) is 0 Å². The lowest BCUT2D eigenvalue weighted by molar-refractivity contribution is -0.122. The molecule has 0 spiro atoms. The van der Waals surface area contributed by atoms with Crippen molar-refractivity contribution in [3.05, 3.63) is 0 Å². The molecule has 0 fully saturated rings. The van der Waals surface area contributed by atoms with E-state index in [0.29, 0.717) is 0 Å².